The smallest absolute Gasteiger partial charge is 0.236 e. The molecule has 0 atom stereocenters. The van der Waals surface area contributed by atoms with Gasteiger partial charge < -0.3 is 4.90 Å². The van der Waals surface area contributed by atoms with E-state index in [0.717, 1.165) is 35.2 Å². The van der Waals surface area contributed by atoms with Gasteiger partial charge in [0.25, 0.3) is 0 Å². The minimum atomic E-state index is -3.53. The first-order valence-electron chi connectivity index (χ1n) is 8.88. The molecule has 5 nitrogen and oxygen atoms in total. The Labute approximate surface area is 155 Å². The summed E-state index contributed by atoms with van der Waals surface area (Å²) in [6, 6.07) is 12.9. The van der Waals surface area contributed by atoms with Crippen molar-refractivity contribution in [1.29, 1.82) is 0 Å². The fourth-order valence-corrected chi connectivity index (χ4v) is 4.57. The van der Waals surface area contributed by atoms with Crippen molar-refractivity contribution in [2.24, 2.45) is 0 Å². The number of aryl methyl sites for hydroxylation is 2. The van der Waals surface area contributed by atoms with Crippen LogP contribution in [0.15, 0.2) is 42.5 Å². The van der Waals surface area contributed by atoms with Crippen LogP contribution in [0.1, 0.15) is 36.5 Å². The fraction of sp³-hybridized carbons (Fsp3) is 0.350. The molecule has 0 unspecified atom stereocenters. The third-order valence-corrected chi connectivity index (χ3v) is 5.93. The molecule has 1 heterocycles. The number of nitrogens with one attached hydrogen (secondary N) is 1. The van der Waals surface area contributed by atoms with Crippen molar-refractivity contribution in [3.05, 3.63) is 59.2 Å². The van der Waals surface area contributed by atoms with Gasteiger partial charge in [0.05, 0.1) is 11.4 Å². The van der Waals surface area contributed by atoms with E-state index in [1.165, 1.54) is 0 Å². The molecular formula is C20H24N2O3S. The molecule has 0 aliphatic carbocycles. The molecule has 138 valence electrons. The van der Waals surface area contributed by atoms with Crippen LogP contribution in [0.3, 0.4) is 0 Å². The molecule has 3 rings (SSSR count). The van der Waals surface area contributed by atoms with Gasteiger partial charge in [-0.3, -0.25) is 9.52 Å². The van der Waals surface area contributed by atoms with Crippen molar-refractivity contribution in [2.45, 2.75) is 38.9 Å². The standard InChI is InChI=1S/C20H24N2O3S/c1-3-20(23)22-12-6-9-16-10-11-18(13-19(16)22)21-26(24,25)14-17-8-5-4-7-15(17)2/h4-5,7-8,10-11,13,21H,3,6,9,12,14H2,1-2H3. The zero-order valence-corrected chi connectivity index (χ0v) is 16.0. The number of amides is 1. The molecule has 0 saturated heterocycles. The summed E-state index contributed by atoms with van der Waals surface area (Å²) in [6.07, 6.45) is 2.26. The van der Waals surface area contributed by atoms with Crippen LogP contribution in [0.2, 0.25) is 0 Å². The summed E-state index contributed by atoms with van der Waals surface area (Å²) < 4.78 is 27.8. The molecule has 1 aliphatic rings. The van der Waals surface area contributed by atoms with E-state index in [2.05, 4.69) is 4.72 Å². The van der Waals surface area contributed by atoms with E-state index in [-0.39, 0.29) is 11.7 Å². The average Bonchev–Trinajstić information content (AvgIpc) is 2.62. The molecule has 0 bridgehead atoms. The van der Waals surface area contributed by atoms with E-state index in [9.17, 15) is 13.2 Å². The Balaban J connectivity index is 1.84. The van der Waals surface area contributed by atoms with Crippen molar-refractivity contribution >= 4 is 27.3 Å². The maximum absolute atomic E-state index is 12.6. The van der Waals surface area contributed by atoms with Crippen molar-refractivity contribution in [2.75, 3.05) is 16.2 Å². The summed E-state index contributed by atoms with van der Waals surface area (Å²) in [5.74, 6) is -0.0140. The molecular weight excluding hydrogens is 348 g/mol. The summed E-state index contributed by atoms with van der Waals surface area (Å²) >= 11 is 0. The zero-order chi connectivity index (χ0) is 18.7. The third kappa shape index (κ3) is 4.07. The number of carbonyl (C=O) groups is 1. The van der Waals surface area contributed by atoms with Gasteiger partial charge in [0.15, 0.2) is 0 Å². The van der Waals surface area contributed by atoms with Crippen LogP contribution >= 0.6 is 0 Å². The van der Waals surface area contributed by atoms with Gasteiger partial charge in [-0.15, -0.1) is 0 Å². The number of fused-ring (bicyclic) bond motifs is 1. The van der Waals surface area contributed by atoms with E-state index >= 15 is 0 Å². The van der Waals surface area contributed by atoms with Crippen molar-refractivity contribution in [3.8, 4) is 0 Å². The highest BCUT2D eigenvalue weighted by Crippen LogP contribution is 2.31. The van der Waals surface area contributed by atoms with E-state index in [1.807, 2.05) is 44.2 Å². The summed E-state index contributed by atoms with van der Waals surface area (Å²) in [5, 5.41) is 0. The van der Waals surface area contributed by atoms with Crippen molar-refractivity contribution in [3.63, 3.8) is 0 Å². The second kappa shape index (κ2) is 7.50. The number of anilines is 2. The topological polar surface area (TPSA) is 66.5 Å². The second-order valence-electron chi connectivity index (χ2n) is 6.63. The minimum Gasteiger partial charge on any atom is -0.312 e. The van der Waals surface area contributed by atoms with Gasteiger partial charge in [0, 0.05) is 18.7 Å². The lowest BCUT2D eigenvalue weighted by Crippen LogP contribution is -2.35. The summed E-state index contributed by atoms with van der Waals surface area (Å²) in [6.45, 7) is 4.42. The summed E-state index contributed by atoms with van der Waals surface area (Å²) in [5.41, 5.74) is 4.12. The van der Waals surface area contributed by atoms with Crippen molar-refractivity contribution in [1.82, 2.24) is 0 Å². The molecule has 6 heteroatoms. The lowest BCUT2D eigenvalue weighted by Gasteiger charge is -2.30. The maximum Gasteiger partial charge on any atom is 0.236 e. The van der Waals surface area contributed by atoms with Gasteiger partial charge in [-0.2, -0.15) is 0 Å². The normalized spacial score (nSPS) is 14.0. The predicted octanol–water partition coefficient (Wildman–Crippen LogP) is 3.63. The first-order valence-corrected chi connectivity index (χ1v) is 10.5. The molecule has 0 aromatic heterocycles. The highest BCUT2D eigenvalue weighted by Gasteiger charge is 2.22. The molecule has 0 fully saturated rings. The number of rotatable bonds is 5. The molecule has 0 radical (unpaired) electrons. The molecule has 26 heavy (non-hydrogen) atoms. The predicted molar refractivity (Wildman–Crippen MR) is 105 cm³/mol. The first-order chi connectivity index (χ1) is 12.4. The van der Waals surface area contributed by atoms with Crippen LogP contribution in [0.25, 0.3) is 0 Å². The summed E-state index contributed by atoms with van der Waals surface area (Å²) in [7, 11) is -3.53. The maximum atomic E-state index is 12.6. The second-order valence-corrected chi connectivity index (χ2v) is 8.36. The van der Waals surface area contributed by atoms with E-state index in [4.69, 9.17) is 0 Å². The SMILES string of the molecule is CCC(=O)N1CCCc2ccc(NS(=O)(=O)Cc3ccccc3C)cc21. The lowest BCUT2D eigenvalue weighted by molar-refractivity contribution is -0.118. The number of benzene rings is 2. The van der Waals surface area contributed by atoms with Crippen LogP contribution in [0.4, 0.5) is 11.4 Å². The molecule has 1 N–H and O–H groups in total. The minimum absolute atomic E-state index is 0.0610. The Morgan fingerprint density at radius 3 is 2.69 bits per heavy atom. The Morgan fingerprint density at radius 1 is 1.19 bits per heavy atom. The van der Waals surface area contributed by atoms with E-state index in [1.54, 1.807) is 17.0 Å². The fourth-order valence-electron chi connectivity index (χ4n) is 3.28. The van der Waals surface area contributed by atoms with Crippen LogP contribution in [0, 0.1) is 6.92 Å². The molecule has 0 saturated carbocycles. The Kier molecular flexibility index (Phi) is 5.32. The Morgan fingerprint density at radius 2 is 1.96 bits per heavy atom. The average molecular weight is 372 g/mol. The molecule has 1 aliphatic heterocycles. The summed E-state index contributed by atoms with van der Waals surface area (Å²) in [4.78, 5) is 14.0. The van der Waals surface area contributed by atoms with E-state index in [0.29, 0.717) is 18.7 Å². The Bertz CT molecular complexity index is 922. The largest absolute Gasteiger partial charge is 0.312 e. The molecule has 1 amide bonds. The van der Waals surface area contributed by atoms with Gasteiger partial charge in [-0.25, -0.2) is 8.42 Å². The van der Waals surface area contributed by atoms with Gasteiger partial charge in [-0.1, -0.05) is 37.3 Å². The van der Waals surface area contributed by atoms with Gasteiger partial charge in [0.2, 0.25) is 15.9 Å². The first kappa shape index (κ1) is 18.5. The van der Waals surface area contributed by atoms with E-state index < -0.39 is 10.0 Å². The van der Waals surface area contributed by atoms with Crippen LogP contribution in [0.5, 0.6) is 0 Å². The molecule has 2 aromatic carbocycles. The van der Waals surface area contributed by atoms with Gasteiger partial charge in [0.1, 0.15) is 0 Å². The number of hydrogen-bond acceptors (Lipinski definition) is 3. The molecule has 2 aromatic rings. The van der Waals surface area contributed by atoms with Crippen LogP contribution in [-0.2, 0) is 27.0 Å². The zero-order valence-electron chi connectivity index (χ0n) is 15.2. The number of carbonyl (C=O) groups excluding carboxylic acids is 1. The van der Waals surface area contributed by atoms with Crippen LogP contribution in [-0.4, -0.2) is 20.9 Å². The third-order valence-electron chi connectivity index (χ3n) is 4.69. The van der Waals surface area contributed by atoms with Gasteiger partial charge in [-0.05, 0) is 48.6 Å². The number of hydrogen-bond donors (Lipinski definition) is 1. The lowest BCUT2D eigenvalue weighted by atomic mass is 10.0. The number of sulfonamides is 1. The number of nitrogens with zero attached hydrogens (tertiary/aromatic N) is 1. The Hall–Kier alpha value is -2.34. The highest BCUT2D eigenvalue weighted by atomic mass is 32.2. The van der Waals surface area contributed by atoms with Crippen molar-refractivity contribution < 1.29 is 13.2 Å². The molecule has 0 spiro atoms. The van der Waals surface area contributed by atoms with Crippen LogP contribution < -0.4 is 9.62 Å². The highest BCUT2D eigenvalue weighted by molar-refractivity contribution is 7.91. The van der Waals surface area contributed by atoms with Gasteiger partial charge >= 0.3 is 0 Å². The monoisotopic (exact) mass is 372 g/mol. The quantitative estimate of drug-likeness (QED) is 0.872.